The molecule has 3 heterocycles. The van der Waals surface area contributed by atoms with Crippen molar-refractivity contribution in [1.29, 1.82) is 0 Å². The van der Waals surface area contributed by atoms with Crippen LogP contribution in [0.15, 0.2) is 4.99 Å². The number of rotatable bonds is 6. The monoisotopic (exact) mass is 322 g/mol. The first-order valence-electron chi connectivity index (χ1n) is 9.67. The van der Waals surface area contributed by atoms with E-state index in [1.807, 2.05) is 7.05 Å². The number of hydrogen-bond acceptors (Lipinski definition) is 3. The smallest absolute Gasteiger partial charge is 0.191 e. The maximum absolute atomic E-state index is 5.93. The second-order valence-electron chi connectivity index (χ2n) is 7.35. The normalized spacial score (nSPS) is 34.8. The lowest BCUT2D eigenvalue weighted by Crippen LogP contribution is -2.52. The number of hydrogen-bond donors (Lipinski definition) is 2. The van der Waals surface area contributed by atoms with Gasteiger partial charge in [-0.25, -0.2) is 0 Å². The minimum absolute atomic E-state index is 0.397. The summed E-state index contributed by atoms with van der Waals surface area (Å²) in [7, 11) is 1.87. The maximum atomic E-state index is 5.93. The molecule has 0 amide bonds. The van der Waals surface area contributed by atoms with Crippen LogP contribution in [-0.4, -0.2) is 61.8 Å². The molecule has 2 N–H and O–H groups in total. The summed E-state index contributed by atoms with van der Waals surface area (Å²) in [4.78, 5) is 7.10. The summed E-state index contributed by atoms with van der Waals surface area (Å²) in [5, 5.41) is 7.16. The van der Waals surface area contributed by atoms with E-state index in [-0.39, 0.29) is 0 Å². The summed E-state index contributed by atoms with van der Waals surface area (Å²) in [6.45, 7) is 5.79. The highest BCUT2D eigenvalue weighted by Crippen LogP contribution is 2.34. The Morgan fingerprint density at radius 3 is 2.87 bits per heavy atom. The zero-order valence-corrected chi connectivity index (χ0v) is 14.9. The highest BCUT2D eigenvalue weighted by Gasteiger charge is 2.41. The van der Waals surface area contributed by atoms with E-state index < -0.39 is 0 Å². The Morgan fingerprint density at radius 1 is 1.26 bits per heavy atom. The van der Waals surface area contributed by atoms with E-state index in [2.05, 4.69) is 27.4 Å². The SMILES string of the molecule is CCCCN1CCCCC1CNC(=NC)NC1CC2CCC1O2. The van der Waals surface area contributed by atoms with Crippen molar-refractivity contribution in [1.82, 2.24) is 15.5 Å². The van der Waals surface area contributed by atoms with Crippen LogP contribution in [0.2, 0.25) is 0 Å². The molecule has 3 aliphatic heterocycles. The second-order valence-corrected chi connectivity index (χ2v) is 7.35. The number of guanidine groups is 1. The Balaban J connectivity index is 1.45. The minimum atomic E-state index is 0.397. The number of nitrogens with zero attached hydrogens (tertiary/aromatic N) is 2. The van der Waals surface area contributed by atoms with Crippen molar-refractivity contribution in [2.75, 3.05) is 26.7 Å². The van der Waals surface area contributed by atoms with Crippen LogP contribution in [-0.2, 0) is 4.74 Å². The van der Waals surface area contributed by atoms with Crippen LogP contribution >= 0.6 is 0 Å². The van der Waals surface area contributed by atoms with Crippen molar-refractivity contribution >= 4 is 5.96 Å². The number of fused-ring (bicyclic) bond motifs is 2. The summed E-state index contributed by atoms with van der Waals surface area (Å²) in [5.41, 5.74) is 0. The third-order valence-electron chi connectivity index (χ3n) is 5.70. The van der Waals surface area contributed by atoms with Crippen LogP contribution in [0.3, 0.4) is 0 Å². The van der Waals surface area contributed by atoms with Gasteiger partial charge in [0.05, 0.1) is 18.2 Å². The van der Waals surface area contributed by atoms with Crippen molar-refractivity contribution < 1.29 is 4.74 Å². The van der Waals surface area contributed by atoms with E-state index in [9.17, 15) is 0 Å². The van der Waals surface area contributed by atoms with Gasteiger partial charge >= 0.3 is 0 Å². The van der Waals surface area contributed by atoms with Gasteiger partial charge in [-0.05, 0) is 51.6 Å². The fraction of sp³-hybridized carbons (Fsp3) is 0.944. The average Bonchev–Trinajstić information content (AvgIpc) is 3.20. The van der Waals surface area contributed by atoms with E-state index in [0.29, 0.717) is 24.3 Å². The molecular formula is C18H34N4O. The second kappa shape index (κ2) is 8.34. The number of ether oxygens (including phenoxy) is 1. The summed E-state index contributed by atoms with van der Waals surface area (Å²) in [6.07, 6.45) is 11.1. The van der Waals surface area contributed by atoms with Crippen LogP contribution in [0.5, 0.6) is 0 Å². The molecule has 0 aromatic carbocycles. The summed E-state index contributed by atoms with van der Waals surface area (Å²) >= 11 is 0. The molecule has 23 heavy (non-hydrogen) atoms. The van der Waals surface area contributed by atoms with Gasteiger partial charge < -0.3 is 15.4 Å². The van der Waals surface area contributed by atoms with Crippen molar-refractivity contribution in [3.8, 4) is 0 Å². The highest BCUT2D eigenvalue weighted by atomic mass is 16.5. The molecular weight excluding hydrogens is 288 g/mol. The van der Waals surface area contributed by atoms with Gasteiger partial charge in [0.15, 0.2) is 5.96 Å². The van der Waals surface area contributed by atoms with E-state index in [1.165, 1.54) is 58.0 Å². The number of piperidine rings is 1. The number of nitrogens with one attached hydrogen (secondary N) is 2. The standard InChI is InChI=1S/C18H34N4O/c1-3-4-10-22-11-6-5-7-14(22)13-20-18(19-2)21-16-12-15-8-9-17(16)23-15/h14-17H,3-13H2,1-2H3,(H2,19,20,21). The Labute approximate surface area is 141 Å². The molecule has 0 aromatic heterocycles. The van der Waals surface area contributed by atoms with E-state index >= 15 is 0 Å². The molecule has 2 bridgehead atoms. The topological polar surface area (TPSA) is 48.9 Å². The van der Waals surface area contributed by atoms with Crippen LogP contribution in [0.4, 0.5) is 0 Å². The minimum Gasteiger partial charge on any atom is -0.373 e. The molecule has 4 unspecified atom stereocenters. The largest absolute Gasteiger partial charge is 0.373 e. The predicted octanol–water partition coefficient (Wildman–Crippen LogP) is 2.13. The van der Waals surface area contributed by atoms with Gasteiger partial charge in [0.25, 0.3) is 0 Å². The lowest BCUT2D eigenvalue weighted by atomic mass is 9.96. The average molecular weight is 322 g/mol. The van der Waals surface area contributed by atoms with Gasteiger partial charge in [-0.1, -0.05) is 19.8 Å². The molecule has 3 fully saturated rings. The zero-order chi connectivity index (χ0) is 16.1. The first-order chi connectivity index (χ1) is 11.3. The molecule has 0 aromatic rings. The molecule has 0 spiro atoms. The van der Waals surface area contributed by atoms with Gasteiger partial charge in [0, 0.05) is 19.6 Å². The van der Waals surface area contributed by atoms with Gasteiger partial charge in [-0.15, -0.1) is 0 Å². The fourth-order valence-corrected chi connectivity index (χ4v) is 4.32. The Kier molecular flexibility index (Phi) is 6.17. The molecule has 5 heteroatoms. The highest BCUT2D eigenvalue weighted by molar-refractivity contribution is 5.80. The van der Waals surface area contributed by atoms with Gasteiger partial charge in [0.1, 0.15) is 0 Å². The Bertz CT molecular complexity index is 400. The van der Waals surface area contributed by atoms with Crippen LogP contribution < -0.4 is 10.6 Å². The van der Waals surface area contributed by atoms with E-state index in [1.54, 1.807) is 0 Å². The maximum Gasteiger partial charge on any atom is 0.191 e. The lowest BCUT2D eigenvalue weighted by Gasteiger charge is -2.36. The van der Waals surface area contributed by atoms with Crippen molar-refractivity contribution in [3.63, 3.8) is 0 Å². The number of likely N-dealkylation sites (tertiary alicyclic amines) is 1. The van der Waals surface area contributed by atoms with Crippen molar-refractivity contribution in [3.05, 3.63) is 0 Å². The summed E-state index contributed by atoms with van der Waals surface area (Å²) in [6, 6.07) is 1.10. The number of aliphatic imine (C=N–C) groups is 1. The van der Waals surface area contributed by atoms with E-state index in [4.69, 9.17) is 4.74 Å². The third kappa shape index (κ3) is 4.38. The summed E-state index contributed by atoms with van der Waals surface area (Å²) < 4.78 is 5.93. The quantitative estimate of drug-likeness (QED) is 0.581. The summed E-state index contributed by atoms with van der Waals surface area (Å²) in [5.74, 6) is 0.951. The molecule has 0 aliphatic carbocycles. The predicted molar refractivity (Wildman–Crippen MR) is 94.9 cm³/mol. The van der Waals surface area contributed by atoms with Crippen molar-refractivity contribution in [2.24, 2.45) is 4.99 Å². The fourth-order valence-electron chi connectivity index (χ4n) is 4.32. The van der Waals surface area contributed by atoms with Crippen molar-refractivity contribution in [2.45, 2.75) is 82.6 Å². The van der Waals surface area contributed by atoms with Gasteiger partial charge in [-0.2, -0.15) is 0 Å². The van der Waals surface area contributed by atoms with Crippen LogP contribution in [0, 0.1) is 0 Å². The zero-order valence-electron chi connectivity index (χ0n) is 14.9. The molecule has 3 aliphatic rings. The van der Waals surface area contributed by atoms with Gasteiger partial charge in [-0.3, -0.25) is 9.89 Å². The molecule has 132 valence electrons. The molecule has 0 saturated carbocycles. The molecule has 5 nitrogen and oxygen atoms in total. The Morgan fingerprint density at radius 2 is 2.17 bits per heavy atom. The first-order valence-corrected chi connectivity index (χ1v) is 9.67. The number of unbranched alkanes of at least 4 members (excludes halogenated alkanes) is 1. The van der Waals surface area contributed by atoms with Crippen LogP contribution in [0.1, 0.15) is 58.3 Å². The lowest BCUT2D eigenvalue weighted by molar-refractivity contribution is 0.0991. The Hall–Kier alpha value is -0.810. The third-order valence-corrected chi connectivity index (χ3v) is 5.70. The molecule has 3 saturated heterocycles. The first kappa shape index (κ1) is 17.0. The molecule has 0 radical (unpaired) electrons. The molecule has 4 atom stereocenters. The molecule has 3 rings (SSSR count). The van der Waals surface area contributed by atoms with Crippen LogP contribution in [0.25, 0.3) is 0 Å². The van der Waals surface area contributed by atoms with Gasteiger partial charge in [0.2, 0.25) is 0 Å². The van der Waals surface area contributed by atoms with E-state index in [0.717, 1.165) is 18.9 Å².